The fourth-order valence-corrected chi connectivity index (χ4v) is 2.42. The summed E-state index contributed by atoms with van der Waals surface area (Å²) >= 11 is 0. The second-order valence-electron chi connectivity index (χ2n) is 4.63. The van der Waals surface area contributed by atoms with Gasteiger partial charge in [-0.1, -0.05) is 13.0 Å². The molecule has 2 aromatic rings. The first-order valence-electron chi connectivity index (χ1n) is 6.48. The zero-order valence-corrected chi connectivity index (χ0v) is 10.5. The molecule has 1 fully saturated rings. The molecule has 94 valence electrons. The van der Waals surface area contributed by atoms with E-state index in [1.807, 2.05) is 23.1 Å². The predicted molar refractivity (Wildman–Crippen MR) is 69.6 cm³/mol. The van der Waals surface area contributed by atoms with E-state index in [0.29, 0.717) is 6.42 Å². The number of oxazole rings is 1. The van der Waals surface area contributed by atoms with Gasteiger partial charge in [-0.15, -0.1) is 0 Å². The second kappa shape index (κ2) is 4.44. The van der Waals surface area contributed by atoms with Crippen molar-refractivity contribution >= 4 is 22.7 Å². The normalized spacial score (nSPS) is 15.8. The van der Waals surface area contributed by atoms with Gasteiger partial charge in [-0.05, 0) is 25.0 Å². The number of benzene rings is 1. The van der Waals surface area contributed by atoms with Crippen LogP contribution in [0.2, 0.25) is 0 Å². The van der Waals surface area contributed by atoms with Crippen LogP contribution in [0, 0.1) is 0 Å². The largest absolute Gasteiger partial charge is 0.438 e. The van der Waals surface area contributed by atoms with Gasteiger partial charge in [0.15, 0.2) is 11.5 Å². The summed E-state index contributed by atoms with van der Waals surface area (Å²) in [5.74, 6) is 0.933. The van der Waals surface area contributed by atoms with Gasteiger partial charge in [0.2, 0.25) is 5.91 Å². The summed E-state index contributed by atoms with van der Waals surface area (Å²) in [6.07, 6.45) is 3.39. The van der Waals surface area contributed by atoms with Gasteiger partial charge in [-0.3, -0.25) is 4.79 Å². The first kappa shape index (κ1) is 11.3. The molecule has 0 aliphatic carbocycles. The van der Waals surface area contributed by atoms with Crippen molar-refractivity contribution in [2.45, 2.75) is 32.6 Å². The third-order valence-electron chi connectivity index (χ3n) is 3.27. The van der Waals surface area contributed by atoms with Crippen LogP contribution in [0.25, 0.3) is 11.1 Å². The molecule has 2 heterocycles. The molecule has 0 bridgehead atoms. The van der Waals surface area contributed by atoms with E-state index in [1.165, 1.54) is 0 Å². The Hall–Kier alpha value is -1.84. The number of fused-ring (bicyclic) bond motifs is 1. The Morgan fingerprint density at radius 2 is 2.33 bits per heavy atom. The first-order valence-corrected chi connectivity index (χ1v) is 6.48. The van der Waals surface area contributed by atoms with Gasteiger partial charge in [0.05, 0.1) is 5.69 Å². The predicted octanol–water partition coefficient (Wildman–Crippen LogP) is 2.91. The van der Waals surface area contributed by atoms with E-state index in [4.69, 9.17) is 4.42 Å². The number of hydrogen-bond acceptors (Lipinski definition) is 3. The Kier molecular flexibility index (Phi) is 2.78. The highest BCUT2D eigenvalue weighted by Gasteiger charge is 2.24. The number of rotatable bonds is 3. The molecule has 1 amide bonds. The minimum absolute atomic E-state index is 0.177. The van der Waals surface area contributed by atoms with Crippen LogP contribution in [0.1, 0.15) is 32.1 Å². The molecule has 0 atom stereocenters. The zero-order chi connectivity index (χ0) is 12.5. The van der Waals surface area contributed by atoms with Gasteiger partial charge in [-0.2, -0.15) is 0 Å². The Morgan fingerprint density at radius 1 is 1.44 bits per heavy atom. The van der Waals surface area contributed by atoms with E-state index in [2.05, 4.69) is 11.9 Å². The summed E-state index contributed by atoms with van der Waals surface area (Å²) in [6.45, 7) is 2.88. The monoisotopic (exact) mass is 244 g/mol. The molecular weight excluding hydrogens is 228 g/mol. The second-order valence-corrected chi connectivity index (χ2v) is 4.63. The number of hydrogen-bond donors (Lipinski definition) is 0. The molecular formula is C14H16N2O2. The van der Waals surface area contributed by atoms with Crippen molar-refractivity contribution in [3.05, 3.63) is 24.1 Å². The van der Waals surface area contributed by atoms with Crippen molar-refractivity contribution in [1.29, 1.82) is 0 Å². The first-order chi connectivity index (χ1) is 8.79. The quantitative estimate of drug-likeness (QED) is 0.834. The van der Waals surface area contributed by atoms with Crippen molar-refractivity contribution < 1.29 is 9.21 Å². The molecule has 4 heteroatoms. The summed E-state index contributed by atoms with van der Waals surface area (Å²) in [7, 11) is 0. The molecule has 0 spiro atoms. The average molecular weight is 244 g/mol. The Bertz CT molecular complexity index is 588. The summed E-state index contributed by atoms with van der Waals surface area (Å²) in [4.78, 5) is 18.1. The lowest BCUT2D eigenvalue weighted by Crippen LogP contribution is -2.23. The molecule has 0 unspecified atom stereocenters. The molecule has 18 heavy (non-hydrogen) atoms. The van der Waals surface area contributed by atoms with Gasteiger partial charge in [0.1, 0.15) is 5.52 Å². The number of carbonyl (C=O) groups is 1. The van der Waals surface area contributed by atoms with E-state index in [1.54, 1.807) is 0 Å². The maximum atomic E-state index is 11.8. The standard InChI is InChI=1S/C14H16N2O2/c1-2-5-12-15-10-6-3-7-11(14(10)18-12)16-9-4-8-13(16)17/h3,6-7H,2,4-5,8-9H2,1H3. The molecule has 0 N–H and O–H groups in total. The summed E-state index contributed by atoms with van der Waals surface area (Å²) in [5, 5.41) is 0. The van der Waals surface area contributed by atoms with Gasteiger partial charge in [0.25, 0.3) is 0 Å². The number of carbonyl (C=O) groups excluding carboxylic acids is 1. The minimum atomic E-state index is 0.177. The minimum Gasteiger partial charge on any atom is -0.438 e. The molecule has 0 radical (unpaired) electrons. The van der Waals surface area contributed by atoms with Crippen molar-refractivity contribution in [3.63, 3.8) is 0 Å². The lowest BCUT2D eigenvalue weighted by atomic mass is 10.2. The highest BCUT2D eigenvalue weighted by atomic mass is 16.3. The number of nitrogens with zero attached hydrogens (tertiary/aromatic N) is 2. The van der Waals surface area contributed by atoms with Crippen LogP contribution in [-0.4, -0.2) is 17.4 Å². The number of aromatic nitrogens is 1. The Labute approximate surface area is 106 Å². The number of amides is 1. The summed E-state index contributed by atoms with van der Waals surface area (Å²) < 4.78 is 5.80. The van der Waals surface area contributed by atoms with E-state index in [9.17, 15) is 4.79 Å². The summed E-state index contributed by atoms with van der Waals surface area (Å²) in [5.41, 5.74) is 2.46. The van der Waals surface area contributed by atoms with E-state index >= 15 is 0 Å². The summed E-state index contributed by atoms with van der Waals surface area (Å²) in [6, 6.07) is 5.80. The lowest BCUT2D eigenvalue weighted by Gasteiger charge is -2.15. The van der Waals surface area contributed by atoms with Crippen LogP contribution in [0.15, 0.2) is 22.6 Å². The third-order valence-corrected chi connectivity index (χ3v) is 3.27. The van der Waals surface area contributed by atoms with Crippen LogP contribution < -0.4 is 4.90 Å². The third kappa shape index (κ3) is 1.78. The van der Waals surface area contributed by atoms with E-state index in [0.717, 1.165) is 48.5 Å². The number of para-hydroxylation sites is 1. The van der Waals surface area contributed by atoms with E-state index < -0.39 is 0 Å². The average Bonchev–Trinajstić information content (AvgIpc) is 2.94. The topological polar surface area (TPSA) is 46.3 Å². The molecule has 4 nitrogen and oxygen atoms in total. The smallest absolute Gasteiger partial charge is 0.227 e. The van der Waals surface area contributed by atoms with Crippen molar-refractivity contribution in [3.8, 4) is 0 Å². The molecule has 1 aromatic carbocycles. The highest BCUT2D eigenvalue weighted by Crippen LogP contribution is 2.30. The molecule has 1 saturated heterocycles. The van der Waals surface area contributed by atoms with Gasteiger partial charge >= 0.3 is 0 Å². The lowest BCUT2D eigenvalue weighted by molar-refractivity contribution is -0.117. The zero-order valence-electron chi connectivity index (χ0n) is 10.5. The van der Waals surface area contributed by atoms with Crippen molar-refractivity contribution in [2.24, 2.45) is 0 Å². The Balaban J connectivity index is 2.08. The molecule has 3 rings (SSSR count). The van der Waals surface area contributed by atoms with Crippen LogP contribution in [-0.2, 0) is 11.2 Å². The van der Waals surface area contributed by atoms with Crippen LogP contribution in [0.3, 0.4) is 0 Å². The molecule has 0 saturated carbocycles. The highest BCUT2D eigenvalue weighted by molar-refractivity contribution is 6.01. The van der Waals surface area contributed by atoms with Crippen LogP contribution >= 0.6 is 0 Å². The molecule has 1 aliphatic rings. The number of anilines is 1. The fourth-order valence-electron chi connectivity index (χ4n) is 2.42. The fraction of sp³-hybridized carbons (Fsp3) is 0.429. The number of aryl methyl sites for hydroxylation is 1. The van der Waals surface area contributed by atoms with Crippen LogP contribution in [0.5, 0.6) is 0 Å². The van der Waals surface area contributed by atoms with Gasteiger partial charge in [0, 0.05) is 19.4 Å². The van der Waals surface area contributed by atoms with Crippen LogP contribution in [0.4, 0.5) is 5.69 Å². The maximum Gasteiger partial charge on any atom is 0.227 e. The Morgan fingerprint density at radius 3 is 3.06 bits per heavy atom. The maximum absolute atomic E-state index is 11.8. The van der Waals surface area contributed by atoms with Crippen molar-refractivity contribution in [1.82, 2.24) is 4.98 Å². The SMILES string of the molecule is CCCc1nc2cccc(N3CCCC3=O)c2o1. The molecule has 1 aliphatic heterocycles. The molecule has 1 aromatic heterocycles. The van der Waals surface area contributed by atoms with Gasteiger partial charge in [-0.25, -0.2) is 4.98 Å². The van der Waals surface area contributed by atoms with Crippen molar-refractivity contribution in [2.75, 3.05) is 11.4 Å². The van der Waals surface area contributed by atoms with Gasteiger partial charge < -0.3 is 9.32 Å². The van der Waals surface area contributed by atoms with E-state index in [-0.39, 0.29) is 5.91 Å².